The number of carbonyl (C=O) groups excluding carboxylic acids is 1. The molecule has 3 rings (SSSR count). The summed E-state index contributed by atoms with van der Waals surface area (Å²) in [5.41, 5.74) is 3.18. The van der Waals surface area contributed by atoms with Crippen LogP contribution in [0.4, 0.5) is 0 Å². The lowest BCUT2D eigenvalue weighted by Crippen LogP contribution is -2.37. The van der Waals surface area contributed by atoms with Crippen LogP contribution in [-0.4, -0.2) is 22.2 Å². The first-order valence-corrected chi connectivity index (χ1v) is 8.96. The van der Waals surface area contributed by atoms with Crippen LogP contribution in [0.3, 0.4) is 0 Å². The topological polar surface area (TPSA) is 77.2 Å². The smallest absolute Gasteiger partial charge is 0.261 e. The summed E-state index contributed by atoms with van der Waals surface area (Å²) in [7, 11) is 0. The molecular weight excluding hydrogens is 342 g/mol. The van der Waals surface area contributed by atoms with Crippen LogP contribution >= 0.6 is 0 Å². The fraction of sp³-hybridized carbons (Fsp3) is 0.286. The van der Waals surface area contributed by atoms with Crippen molar-refractivity contribution in [3.8, 4) is 17.1 Å². The van der Waals surface area contributed by atoms with Gasteiger partial charge in [-0.05, 0) is 43.5 Å². The van der Waals surface area contributed by atoms with Crippen LogP contribution in [0.2, 0.25) is 0 Å². The highest BCUT2D eigenvalue weighted by Gasteiger charge is 2.19. The van der Waals surface area contributed by atoms with Crippen LogP contribution in [0.5, 0.6) is 5.75 Å². The molecule has 6 nitrogen and oxygen atoms in total. The Hall–Kier alpha value is -3.15. The molecule has 140 valence electrons. The summed E-state index contributed by atoms with van der Waals surface area (Å²) in [4.78, 5) is 16.8. The van der Waals surface area contributed by atoms with Crippen molar-refractivity contribution in [2.24, 2.45) is 0 Å². The van der Waals surface area contributed by atoms with Crippen molar-refractivity contribution in [1.29, 1.82) is 0 Å². The Morgan fingerprint density at radius 3 is 2.63 bits per heavy atom. The zero-order valence-corrected chi connectivity index (χ0v) is 15.7. The first kappa shape index (κ1) is 18.6. The molecule has 0 bridgehead atoms. The summed E-state index contributed by atoms with van der Waals surface area (Å²) in [6.07, 6.45) is -0.0266. The lowest BCUT2D eigenvalue weighted by Gasteiger charge is -2.17. The molecule has 0 saturated heterocycles. The molecule has 27 heavy (non-hydrogen) atoms. The molecule has 6 heteroatoms. The van der Waals surface area contributed by atoms with E-state index in [2.05, 4.69) is 15.5 Å². The van der Waals surface area contributed by atoms with Crippen molar-refractivity contribution in [2.45, 2.75) is 39.8 Å². The van der Waals surface area contributed by atoms with Gasteiger partial charge in [-0.15, -0.1) is 0 Å². The first-order valence-electron chi connectivity index (χ1n) is 8.96. The van der Waals surface area contributed by atoms with E-state index in [1.165, 1.54) is 5.56 Å². The SMILES string of the molecule is CC[C@H](Oc1ccc(C)c(C)c1)C(=O)NCc1nc(-c2ccccc2)no1. The molecule has 0 fully saturated rings. The van der Waals surface area contributed by atoms with Gasteiger partial charge in [0.2, 0.25) is 11.7 Å². The van der Waals surface area contributed by atoms with Gasteiger partial charge in [0.25, 0.3) is 5.91 Å². The lowest BCUT2D eigenvalue weighted by atomic mass is 10.1. The zero-order valence-electron chi connectivity index (χ0n) is 15.7. The van der Waals surface area contributed by atoms with Crippen LogP contribution in [-0.2, 0) is 11.3 Å². The van der Waals surface area contributed by atoms with Gasteiger partial charge in [0, 0.05) is 5.56 Å². The number of ether oxygens (including phenoxy) is 1. The molecule has 1 heterocycles. The first-order chi connectivity index (χ1) is 13.1. The second-order valence-electron chi connectivity index (χ2n) is 6.36. The van der Waals surface area contributed by atoms with Gasteiger partial charge in [-0.1, -0.05) is 48.5 Å². The van der Waals surface area contributed by atoms with Gasteiger partial charge < -0.3 is 14.6 Å². The molecular formula is C21H23N3O3. The predicted octanol–water partition coefficient (Wildman–Crippen LogP) is 3.83. The van der Waals surface area contributed by atoms with E-state index in [9.17, 15) is 4.79 Å². The van der Waals surface area contributed by atoms with E-state index >= 15 is 0 Å². The molecule has 0 aliphatic heterocycles. The van der Waals surface area contributed by atoms with Crippen LogP contribution in [0, 0.1) is 13.8 Å². The van der Waals surface area contributed by atoms with Gasteiger partial charge in [-0.25, -0.2) is 0 Å². The normalized spacial score (nSPS) is 11.8. The molecule has 0 radical (unpaired) electrons. The van der Waals surface area contributed by atoms with Crippen molar-refractivity contribution in [2.75, 3.05) is 0 Å². The monoisotopic (exact) mass is 365 g/mol. The van der Waals surface area contributed by atoms with Crippen molar-refractivity contribution in [1.82, 2.24) is 15.5 Å². The summed E-state index contributed by atoms with van der Waals surface area (Å²) < 4.78 is 11.1. The van der Waals surface area contributed by atoms with E-state index in [1.807, 2.05) is 69.3 Å². The number of benzene rings is 2. The number of nitrogens with one attached hydrogen (secondary N) is 1. The van der Waals surface area contributed by atoms with Crippen LogP contribution in [0.25, 0.3) is 11.4 Å². The number of hydrogen-bond donors (Lipinski definition) is 1. The number of carbonyl (C=O) groups is 1. The molecule has 1 amide bonds. The average Bonchev–Trinajstić information content (AvgIpc) is 3.16. The van der Waals surface area contributed by atoms with E-state index in [-0.39, 0.29) is 12.5 Å². The highest BCUT2D eigenvalue weighted by atomic mass is 16.5. The summed E-state index contributed by atoms with van der Waals surface area (Å²) in [5.74, 6) is 1.32. The molecule has 0 unspecified atom stereocenters. The van der Waals surface area contributed by atoms with Crippen LogP contribution < -0.4 is 10.1 Å². The van der Waals surface area contributed by atoms with Crippen LogP contribution in [0.15, 0.2) is 53.1 Å². The van der Waals surface area contributed by atoms with Crippen molar-refractivity contribution in [3.63, 3.8) is 0 Å². The molecule has 1 N–H and O–H groups in total. The Morgan fingerprint density at radius 2 is 1.93 bits per heavy atom. The highest BCUT2D eigenvalue weighted by Crippen LogP contribution is 2.19. The summed E-state index contributed by atoms with van der Waals surface area (Å²) in [5, 5.41) is 6.75. The van der Waals surface area contributed by atoms with Gasteiger partial charge in [0.1, 0.15) is 5.75 Å². The Balaban J connectivity index is 1.59. The van der Waals surface area contributed by atoms with Gasteiger partial charge in [0.15, 0.2) is 6.10 Å². The third-order valence-electron chi connectivity index (χ3n) is 4.33. The molecule has 0 aliphatic carbocycles. The third kappa shape index (κ3) is 4.73. The summed E-state index contributed by atoms with van der Waals surface area (Å²) >= 11 is 0. The molecule has 1 atom stereocenters. The Morgan fingerprint density at radius 1 is 1.15 bits per heavy atom. The average molecular weight is 365 g/mol. The van der Waals surface area contributed by atoms with E-state index in [0.717, 1.165) is 11.1 Å². The van der Waals surface area contributed by atoms with Crippen LogP contribution in [0.1, 0.15) is 30.4 Å². The maximum atomic E-state index is 12.5. The molecule has 0 aliphatic rings. The fourth-order valence-corrected chi connectivity index (χ4v) is 2.58. The van der Waals surface area contributed by atoms with Gasteiger partial charge in [-0.3, -0.25) is 4.79 Å². The molecule has 2 aromatic carbocycles. The molecule has 3 aromatic rings. The zero-order chi connectivity index (χ0) is 19.2. The standard InChI is InChI=1S/C21H23N3O3/c1-4-18(26-17-11-10-14(2)15(3)12-17)21(25)22-13-19-23-20(24-27-19)16-8-6-5-7-9-16/h5-12,18H,4,13H2,1-3H3,(H,22,25)/t18-/m0/s1. The third-order valence-corrected chi connectivity index (χ3v) is 4.33. The number of nitrogens with zero attached hydrogens (tertiary/aromatic N) is 2. The Bertz CT molecular complexity index is 906. The maximum Gasteiger partial charge on any atom is 0.261 e. The second kappa shape index (κ2) is 8.49. The number of aromatic nitrogens is 2. The number of rotatable bonds is 7. The van der Waals surface area contributed by atoms with Gasteiger partial charge >= 0.3 is 0 Å². The number of amides is 1. The molecule has 1 aromatic heterocycles. The fourth-order valence-electron chi connectivity index (χ4n) is 2.58. The maximum absolute atomic E-state index is 12.5. The minimum atomic E-state index is -0.580. The van der Waals surface area contributed by atoms with Gasteiger partial charge in [0.05, 0.1) is 6.54 Å². The number of hydrogen-bond acceptors (Lipinski definition) is 5. The van der Waals surface area contributed by atoms with E-state index in [4.69, 9.17) is 9.26 Å². The Labute approximate surface area is 158 Å². The second-order valence-corrected chi connectivity index (χ2v) is 6.36. The van der Waals surface area contributed by atoms with E-state index in [0.29, 0.717) is 23.9 Å². The highest BCUT2D eigenvalue weighted by molar-refractivity contribution is 5.81. The predicted molar refractivity (Wildman–Crippen MR) is 102 cm³/mol. The van der Waals surface area contributed by atoms with Crippen molar-refractivity contribution >= 4 is 5.91 Å². The van der Waals surface area contributed by atoms with Crippen molar-refractivity contribution < 1.29 is 14.1 Å². The Kier molecular flexibility index (Phi) is 5.86. The quantitative estimate of drug-likeness (QED) is 0.688. The largest absolute Gasteiger partial charge is 0.481 e. The molecule has 0 saturated carbocycles. The minimum absolute atomic E-state index is 0.158. The lowest BCUT2D eigenvalue weighted by molar-refractivity contribution is -0.128. The minimum Gasteiger partial charge on any atom is -0.481 e. The van der Waals surface area contributed by atoms with E-state index in [1.54, 1.807) is 0 Å². The van der Waals surface area contributed by atoms with Crippen molar-refractivity contribution in [3.05, 3.63) is 65.5 Å². The van der Waals surface area contributed by atoms with E-state index < -0.39 is 6.10 Å². The number of aryl methyl sites for hydroxylation is 2. The molecule has 0 spiro atoms. The summed E-state index contributed by atoms with van der Waals surface area (Å²) in [6, 6.07) is 15.3. The van der Waals surface area contributed by atoms with Gasteiger partial charge in [-0.2, -0.15) is 4.98 Å². The summed E-state index contributed by atoms with van der Waals surface area (Å²) in [6.45, 7) is 6.12.